The largest absolute Gasteiger partial charge is 0.368 e. The number of benzene rings is 1. The first kappa shape index (κ1) is 17.5. The lowest BCUT2D eigenvalue weighted by molar-refractivity contribution is 0.182. The van der Waals surface area contributed by atoms with E-state index in [-0.39, 0.29) is 11.3 Å². The number of aliphatic hydroxyl groups excluding tert-OH is 1. The lowest BCUT2D eigenvalue weighted by atomic mass is 9.86. The number of nitrogens with zero attached hydrogens (tertiary/aromatic N) is 1. The molecule has 1 unspecified atom stereocenters. The number of hydrogen-bond acceptors (Lipinski definition) is 3. The van der Waals surface area contributed by atoms with Crippen LogP contribution in [0.15, 0.2) is 29.3 Å². The van der Waals surface area contributed by atoms with Crippen molar-refractivity contribution >= 4 is 40.6 Å². The summed E-state index contributed by atoms with van der Waals surface area (Å²) in [6.07, 6.45) is -1.59. The molecule has 0 saturated carbocycles. The summed E-state index contributed by atoms with van der Waals surface area (Å²) < 4.78 is -1.96. The monoisotopic (exact) mass is 338 g/mol. The van der Waals surface area contributed by atoms with Crippen molar-refractivity contribution in [3.05, 3.63) is 35.4 Å². The Morgan fingerprint density at radius 2 is 1.65 bits per heavy atom. The molecule has 0 bridgehead atoms. The Hall–Kier alpha value is -0.520. The zero-order chi connectivity index (χ0) is 15.6. The van der Waals surface area contributed by atoms with Gasteiger partial charge in [0.15, 0.2) is 12.1 Å². The molecule has 7 heteroatoms. The minimum Gasteiger partial charge on any atom is -0.368 e. The number of nitrogens with one attached hydrogen (secondary N) is 1. The second-order valence-corrected chi connectivity index (χ2v) is 7.70. The third-order valence-electron chi connectivity index (χ3n) is 2.67. The number of aliphatic hydroxyl groups is 1. The Morgan fingerprint density at radius 3 is 2.00 bits per heavy atom. The zero-order valence-electron chi connectivity index (χ0n) is 11.4. The smallest absolute Gasteiger partial charge is 0.236 e. The number of halogens is 3. The van der Waals surface area contributed by atoms with E-state index in [9.17, 15) is 5.11 Å². The maximum atomic E-state index is 9.60. The van der Waals surface area contributed by atoms with Crippen molar-refractivity contribution in [1.29, 1.82) is 0 Å². The van der Waals surface area contributed by atoms with Gasteiger partial charge in [-0.2, -0.15) is 0 Å². The number of rotatable bonds is 2. The Bertz CT molecular complexity index is 476. The van der Waals surface area contributed by atoms with Crippen LogP contribution < -0.4 is 5.48 Å². The molecular weight excluding hydrogens is 323 g/mol. The minimum atomic E-state index is -1.96. The SMILES string of the molecule is CC(C)(C)c1ccc(/C(=N\C(O)C(Cl)(Cl)Cl)NO)cc1. The average molecular weight is 340 g/mol. The second kappa shape index (κ2) is 6.50. The quantitative estimate of drug-likeness (QED) is 0.335. The molecule has 1 atom stereocenters. The van der Waals surface area contributed by atoms with Crippen LogP contribution in [0.1, 0.15) is 31.9 Å². The molecule has 0 spiro atoms. The number of amidine groups is 1. The maximum Gasteiger partial charge on any atom is 0.236 e. The Balaban J connectivity index is 3.05. The summed E-state index contributed by atoms with van der Waals surface area (Å²) in [6, 6.07) is 7.33. The highest BCUT2D eigenvalue weighted by atomic mass is 35.6. The van der Waals surface area contributed by atoms with Crippen molar-refractivity contribution in [2.24, 2.45) is 4.99 Å². The van der Waals surface area contributed by atoms with Crippen LogP contribution in [0.25, 0.3) is 0 Å². The van der Waals surface area contributed by atoms with Gasteiger partial charge in [0, 0.05) is 5.56 Å². The van der Waals surface area contributed by atoms with E-state index < -0.39 is 10.0 Å². The molecule has 3 N–H and O–H groups in total. The van der Waals surface area contributed by atoms with E-state index >= 15 is 0 Å². The van der Waals surface area contributed by atoms with Crippen LogP contribution in [0.5, 0.6) is 0 Å². The van der Waals surface area contributed by atoms with Gasteiger partial charge in [-0.05, 0) is 11.0 Å². The molecular formula is C13H17Cl3N2O2. The molecule has 112 valence electrons. The summed E-state index contributed by atoms with van der Waals surface area (Å²) in [5.41, 5.74) is 3.60. The van der Waals surface area contributed by atoms with Gasteiger partial charge in [-0.3, -0.25) is 10.7 Å². The molecule has 1 rings (SSSR count). The Labute approximate surface area is 133 Å². The minimum absolute atomic E-state index is 0.0135. The summed E-state index contributed by atoms with van der Waals surface area (Å²) >= 11 is 16.6. The molecule has 0 heterocycles. The van der Waals surface area contributed by atoms with Gasteiger partial charge in [0.2, 0.25) is 3.79 Å². The fourth-order valence-corrected chi connectivity index (χ4v) is 1.64. The molecule has 20 heavy (non-hydrogen) atoms. The first-order chi connectivity index (χ1) is 9.05. The summed E-state index contributed by atoms with van der Waals surface area (Å²) in [5.74, 6) is 0.0179. The van der Waals surface area contributed by atoms with E-state index in [1.54, 1.807) is 12.1 Å². The first-order valence-corrected chi connectivity index (χ1v) is 7.02. The van der Waals surface area contributed by atoms with Crippen LogP contribution in [-0.4, -0.2) is 26.2 Å². The fraction of sp³-hybridized carbons (Fsp3) is 0.462. The van der Waals surface area contributed by atoms with Crippen molar-refractivity contribution in [2.75, 3.05) is 0 Å². The molecule has 0 saturated heterocycles. The molecule has 0 amide bonds. The predicted octanol–water partition coefficient (Wildman–Crippen LogP) is 3.40. The number of alkyl halides is 3. The highest BCUT2D eigenvalue weighted by molar-refractivity contribution is 6.68. The Morgan fingerprint density at radius 1 is 1.15 bits per heavy atom. The van der Waals surface area contributed by atoms with E-state index in [0.717, 1.165) is 5.56 Å². The van der Waals surface area contributed by atoms with Gasteiger partial charge in [-0.15, -0.1) is 0 Å². The third-order valence-corrected chi connectivity index (χ3v) is 3.26. The van der Waals surface area contributed by atoms with Crippen molar-refractivity contribution in [2.45, 2.75) is 36.2 Å². The molecule has 0 fully saturated rings. The average Bonchev–Trinajstić information content (AvgIpc) is 2.33. The number of aliphatic imine (C=N–C) groups is 1. The van der Waals surface area contributed by atoms with Gasteiger partial charge in [-0.1, -0.05) is 79.8 Å². The van der Waals surface area contributed by atoms with Gasteiger partial charge in [-0.25, -0.2) is 4.99 Å². The van der Waals surface area contributed by atoms with E-state index in [4.69, 9.17) is 40.0 Å². The van der Waals surface area contributed by atoms with Crippen molar-refractivity contribution < 1.29 is 10.3 Å². The Kier molecular flexibility index (Phi) is 5.70. The van der Waals surface area contributed by atoms with Crippen molar-refractivity contribution in [3.8, 4) is 0 Å². The van der Waals surface area contributed by atoms with Crippen LogP contribution in [0, 0.1) is 0 Å². The summed E-state index contributed by atoms with van der Waals surface area (Å²) in [4.78, 5) is 3.74. The van der Waals surface area contributed by atoms with E-state index in [0.29, 0.717) is 5.56 Å². The van der Waals surface area contributed by atoms with Gasteiger partial charge >= 0.3 is 0 Å². The topological polar surface area (TPSA) is 64.9 Å². The summed E-state index contributed by atoms with van der Waals surface area (Å²) in [6.45, 7) is 6.27. The lowest BCUT2D eigenvalue weighted by Gasteiger charge is -2.20. The molecule has 0 aliphatic carbocycles. The van der Waals surface area contributed by atoms with Crippen molar-refractivity contribution in [1.82, 2.24) is 5.48 Å². The van der Waals surface area contributed by atoms with Gasteiger partial charge in [0.25, 0.3) is 0 Å². The van der Waals surface area contributed by atoms with Crippen LogP contribution in [0.4, 0.5) is 0 Å². The third kappa shape index (κ3) is 4.79. The van der Waals surface area contributed by atoms with E-state index in [1.807, 2.05) is 17.6 Å². The van der Waals surface area contributed by atoms with Crippen LogP contribution in [-0.2, 0) is 5.41 Å². The normalized spacial score (nSPS) is 15.1. The standard InChI is InChI=1S/C13H17Cl3N2O2/c1-12(2,3)9-6-4-8(5-7-9)10(18-20)17-11(19)13(14,15)16/h4-7,11,19-20H,1-3H3,(H,17,18). The zero-order valence-corrected chi connectivity index (χ0v) is 13.6. The molecule has 1 aromatic rings. The van der Waals surface area contributed by atoms with Gasteiger partial charge in [0.1, 0.15) is 0 Å². The highest BCUT2D eigenvalue weighted by Crippen LogP contribution is 2.31. The van der Waals surface area contributed by atoms with Crippen molar-refractivity contribution in [3.63, 3.8) is 0 Å². The van der Waals surface area contributed by atoms with Crippen LogP contribution >= 0.6 is 34.8 Å². The maximum absolute atomic E-state index is 9.60. The number of hydroxylamine groups is 1. The second-order valence-electron chi connectivity index (χ2n) is 5.33. The molecule has 4 nitrogen and oxygen atoms in total. The van der Waals surface area contributed by atoms with Crippen LogP contribution in [0.3, 0.4) is 0 Å². The van der Waals surface area contributed by atoms with E-state index in [2.05, 4.69) is 25.8 Å². The van der Waals surface area contributed by atoms with Crippen LogP contribution in [0.2, 0.25) is 0 Å². The lowest BCUT2D eigenvalue weighted by Crippen LogP contribution is -2.29. The van der Waals surface area contributed by atoms with E-state index in [1.165, 1.54) is 0 Å². The molecule has 0 radical (unpaired) electrons. The highest BCUT2D eigenvalue weighted by Gasteiger charge is 2.31. The fourth-order valence-electron chi connectivity index (χ4n) is 1.49. The van der Waals surface area contributed by atoms with Gasteiger partial charge in [0.05, 0.1) is 0 Å². The predicted molar refractivity (Wildman–Crippen MR) is 82.9 cm³/mol. The summed E-state index contributed by atoms with van der Waals surface area (Å²) in [7, 11) is 0. The van der Waals surface area contributed by atoms with Gasteiger partial charge < -0.3 is 5.11 Å². The first-order valence-electron chi connectivity index (χ1n) is 5.89. The molecule has 1 aromatic carbocycles. The molecule has 0 aromatic heterocycles. The molecule has 0 aliphatic rings. The molecule has 0 aliphatic heterocycles. The number of hydrogen-bond donors (Lipinski definition) is 3. The summed E-state index contributed by atoms with van der Waals surface area (Å²) in [5, 5.41) is 18.7.